The van der Waals surface area contributed by atoms with Gasteiger partial charge in [0.15, 0.2) is 0 Å². The number of benzene rings is 1. The van der Waals surface area contributed by atoms with Gasteiger partial charge in [0, 0.05) is 24.6 Å². The Balaban J connectivity index is 1.89. The first-order valence-electron chi connectivity index (χ1n) is 8.45. The minimum atomic E-state index is -0.490. The number of aryl methyl sites for hydroxylation is 1. The first-order chi connectivity index (χ1) is 11.3. The van der Waals surface area contributed by atoms with Gasteiger partial charge in [0.05, 0.1) is 6.04 Å². The van der Waals surface area contributed by atoms with E-state index in [0.717, 1.165) is 24.4 Å². The molecule has 128 valence electrons. The number of nitrogens with zero attached hydrogens (tertiary/aromatic N) is 3. The van der Waals surface area contributed by atoms with E-state index in [-0.39, 0.29) is 12.1 Å². The van der Waals surface area contributed by atoms with E-state index in [4.69, 9.17) is 4.74 Å². The molecule has 1 aromatic carbocycles. The molecule has 1 unspecified atom stereocenters. The molecule has 1 fully saturated rings. The van der Waals surface area contributed by atoms with Crippen LogP contribution in [0.2, 0.25) is 0 Å². The second kappa shape index (κ2) is 6.30. The number of likely N-dealkylation sites (tertiary alicyclic amines) is 1. The number of ether oxygens (including phenoxy) is 1. The third-order valence-electron chi connectivity index (χ3n) is 4.13. The molecule has 5 nitrogen and oxygen atoms in total. The molecule has 1 atom stereocenters. The number of carbonyl (C=O) groups is 1. The van der Waals surface area contributed by atoms with E-state index in [1.807, 2.05) is 33.0 Å². The SMILES string of the molecule is Cc1cccc(-n2ccnc2C2CCCN2C(=O)OC(C)(C)C)c1. The number of carbonyl (C=O) groups excluding carboxylic acids is 1. The molecule has 3 rings (SSSR count). The summed E-state index contributed by atoms with van der Waals surface area (Å²) in [6.45, 7) is 8.46. The lowest BCUT2D eigenvalue weighted by atomic mass is 10.2. The number of aromatic nitrogens is 2. The van der Waals surface area contributed by atoms with Crippen molar-refractivity contribution in [3.8, 4) is 5.69 Å². The highest BCUT2D eigenvalue weighted by Crippen LogP contribution is 2.33. The lowest BCUT2D eigenvalue weighted by molar-refractivity contribution is 0.0217. The summed E-state index contributed by atoms with van der Waals surface area (Å²) in [6, 6.07) is 8.25. The number of imidazole rings is 1. The summed E-state index contributed by atoms with van der Waals surface area (Å²) in [5, 5.41) is 0. The monoisotopic (exact) mass is 327 g/mol. The first-order valence-corrected chi connectivity index (χ1v) is 8.45. The van der Waals surface area contributed by atoms with Crippen LogP contribution in [-0.4, -0.2) is 32.7 Å². The molecule has 0 bridgehead atoms. The second-order valence-electron chi connectivity index (χ2n) is 7.33. The summed E-state index contributed by atoms with van der Waals surface area (Å²) in [6.07, 6.45) is 5.36. The molecule has 0 saturated carbocycles. The minimum absolute atomic E-state index is 0.0460. The predicted octanol–water partition coefficient (Wildman–Crippen LogP) is 4.25. The molecule has 1 amide bonds. The molecular weight excluding hydrogens is 302 g/mol. The van der Waals surface area contributed by atoms with Gasteiger partial charge in [-0.25, -0.2) is 9.78 Å². The first kappa shape index (κ1) is 16.6. The van der Waals surface area contributed by atoms with Crippen LogP contribution in [0.3, 0.4) is 0 Å². The molecule has 1 aliphatic heterocycles. The number of amides is 1. The lowest BCUT2D eigenvalue weighted by Gasteiger charge is -2.28. The van der Waals surface area contributed by atoms with Crippen LogP contribution in [0.15, 0.2) is 36.7 Å². The average Bonchev–Trinajstić information content (AvgIpc) is 3.14. The number of rotatable bonds is 2. The van der Waals surface area contributed by atoms with Crippen LogP contribution < -0.4 is 0 Å². The van der Waals surface area contributed by atoms with Crippen molar-refractivity contribution in [2.45, 2.75) is 52.2 Å². The van der Waals surface area contributed by atoms with Crippen LogP contribution in [0.4, 0.5) is 4.79 Å². The Morgan fingerprint density at radius 1 is 1.33 bits per heavy atom. The van der Waals surface area contributed by atoms with Gasteiger partial charge in [-0.05, 0) is 58.2 Å². The van der Waals surface area contributed by atoms with Crippen LogP contribution in [0, 0.1) is 6.92 Å². The molecule has 0 N–H and O–H groups in total. The summed E-state index contributed by atoms with van der Waals surface area (Å²) in [5.41, 5.74) is 1.78. The molecule has 0 radical (unpaired) electrons. The molecule has 0 spiro atoms. The summed E-state index contributed by atoms with van der Waals surface area (Å²) in [7, 11) is 0. The minimum Gasteiger partial charge on any atom is -0.444 e. The third kappa shape index (κ3) is 3.45. The number of hydrogen-bond acceptors (Lipinski definition) is 3. The molecule has 0 aliphatic carbocycles. The molecule has 1 saturated heterocycles. The highest BCUT2D eigenvalue weighted by atomic mass is 16.6. The Morgan fingerprint density at radius 3 is 2.83 bits per heavy atom. The van der Waals surface area contributed by atoms with E-state index in [1.54, 1.807) is 11.1 Å². The Kier molecular flexibility index (Phi) is 4.35. The summed E-state index contributed by atoms with van der Waals surface area (Å²) >= 11 is 0. The van der Waals surface area contributed by atoms with Gasteiger partial charge in [-0.3, -0.25) is 4.90 Å². The van der Waals surface area contributed by atoms with Crippen molar-refractivity contribution < 1.29 is 9.53 Å². The Morgan fingerprint density at radius 2 is 2.12 bits per heavy atom. The van der Waals surface area contributed by atoms with Crippen LogP contribution in [-0.2, 0) is 4.74 Å². The maximum Gasteiger partial charge on any atom is 0.410 e. The van der Waals surface area contributed by atoms with E-state index >= 15 is 0 Å². The van der Waals surface area contributed by atoms with Gasteiger partial charge in [-0.2, -0.15) is 0 Å². The summed E-state index contributed by atoms with van der Waals surface area (Å²) < 4.78 is 7.63. The summed E-state index contributed by atoms with van der Waals surface area (Å²) in [5.74, 6) is 0.893. The van der Waals surface area contributed by atoms with Gasteiger partial charge in [0.25, 0.3) is 0 Å². The maximum atomic E-state index is 12.5. The zero-order valence-electron chi connectivity index (χ0n) is 14.8. The van der Waals surface area contributed by atoms with Crippen LogP contribution in [0.1, 0.15) is 51.0 Å². The van der Waals surface area contributed by atoms with E-state index in [9.17, 15) is 4.79 Å². The van der Waals surface area contributed by atoms with Gasteiger partial charge in [0.2, 0.25) is 0 Å². The predicted molar refractivity (Wildman–Crippen MR) is 93.2 cm³/mol. The van der Waals surface area contributed by atoms with Crippen LogP contribution >= 0.6 is 0 Å². The van der Waals surface area contributed by atoms with Crippen molar-refractivity contribution in [2.75, 3.05) is 6.54 Å². The maximum absolute atomic E-state index is 12.5. The summed E-state index contributed by atoms with van der Waals surface area (Å²) in [4.78, 5) is 18.9. The van der Waals surface area contributed by atoms with Gasteiger partial charge in [0.1, 0.15) is 11.4 Å². The fourth-order valence-electron chi connectivity index (χ4n) is 3.13. The molecule has 5 heteroatoms. The van der Waals surface area contributed by atoms with Crippen molar-refractivity contribution in [3.63, 3.8) is 0 Å². The third-order valence-corrected chi connectivity index (χ3v) is 4.13. The second-order valence-corrected chi connectivity index (χ2v) is 7.33. The van der Waals surface area contributed by atoms with E-state index < -0.39 is 5.60 Å². The smallest absolute Gasteiger partial charge is 0.410 e. The van der Waals surface area contributed by atoms with Crippen LogP contribution in [0.5, 0.6) is 0 Å². The highest BCUT2D eigenvalue weighted by Gasteiger charge is 2.35. The largest absolute Gasteiger partial charge is 0.444 e. The topological polar surface area (TPSA) is 47.4 Å². The van der Waals surface area contributed by atoms with Gasteiger partial charge >= 0.3 is 6.09 Å². The van der Waals surface area contributed by atoms with Crippen LogP contribution in [0.25, 0.3) is 5.69 Å². The molecule has 2 aromatic rings. The normalized spacial score (nSPS) is 18.0. The van der Waals surface area contributed by atoms with Gasteiger partial charge in [-0.1, -0.05) is 12.1 Å². The van der Waals surface area contributed by atoms with Crippen molar-refractivity contribution in [1.29, 1.82) is 0 Å². The zero-order valence-corrected chi connectivity index (χ0v) is 14.8. The Labute approximate surface area is 143 Å². The lowest BCUT2D eigenvalue weighted by Crippen LogP contribution is -2.37. The van der Waals surface area contributed by atoms with Crippen molar-refractivity contribution >= 4 is 6.09 Å². The average molecular weight is 327 g/mol. The Hall–Kier alpha value is -2.30. The van der Waals surface area contributed by atoms with E-state index in [1.165, 1.54) is 5.56 Å². The molecular formula is C19H25N3O2. The number of hydrogen-bond donors (Lipinski definition) is 0. The van der Waals surface area contributed by atoms with E-state index in [0.29, 0.717) is 6.54 Å². The molecule has 2 heterocycles. The van der Waals surface area contributed by atoms with E-state index in [2.05, 4.69) is 34.7 Å². The molecule has 1 aliphatic rings. The zero-order chi connectivity index (χ0) is 17.3. The van der Waals surface area contributed by atoms with Gasteiger partial charge in [-0.15, -0.1) is 0 Å². The van der Waals surface area contributed by atoms with Crippen molar-refractivity contribution in [2.24, 2.45) is 0 Å². The molecule has 1 aromatic heterocycles. The van der Waals surface area contributed by atoms with Crippen molar-refractivity contribution in [1.82, 2.24) is 14.5 Å². The fourth-order valence-corrected chi connectivity index (χ4v) is 3.13. The molecule has 24 heavy (non-hydrogen) atoms. The Bertz CT molecular complexity index is 730. The standard InChI is InChI=1S/C19H25N3O2/c1-14-7-5-8-15(13-14)21-12-10-20-17(21)16-9-6-11-22(16)18(23)24-19(2,3)4/h5,7-8,10,12-13,16H,6,9,11H2,1-4H3. The quantitative estimate of drug-likeness (QED) is 0.828. The fraction of sp³-hybridized carbons (Fsp3) is 0.474. The highest BCUT2D eigenvalue weighted by molar-refractivity contribution is 5.69. The van der Waals surface area contributed by atoms with Gasteiger partial charge < -0.3 is 9.30 Å². The van der Waals surface area contributed by atoms with Crippen molar-refractivity contribution in [3.05, 3.63) is 48.0 Å².